The van der Waals surface area contributed by atoms with E-state index in [1.54, 1.807) is 24.5 Å². The predicted octanol–water partition coefficient (Wildman–Crippen LogP) is 2.92. The highest BCUT2D eigenvalue weighted by molar-refractivity contribution is 6.11. The van der Waals surface area contributed by atoms with Gasteiger partial charge in [0.25, 0.3) is 5.91 Å². The first-order valence-electron chi connectivity index (χ1n) is 8.12. The third kappa shape index (κ3) is 4.01. The standard InChI is InChI=1S/C20H19N3O2/c1-14-6-2-3-8-17(14)19(24)15-12-18(23-13-15)20(25)22-11-9-16-7-4-5-10-21-16/h2-8,10,12-13,23H,9,11H2,1H3,(H,22,25). The molecule has 0 radical (unpaired) electrons. The number of pyridine rings is 1. The van der Waals surface area contributed by atoms with E-state index < -0.39 is 0 Å². The van der Waals surface area contributed by atoms with Crippen molar-refractivity contribution in [3.8, 4) is 0 Å². The fourth-order valence-corrected chi connectivity index (χ4v) is 2.59. The first kappa shape index (κ1) is 16.6. The van der Waals surface area contributed by atoms with Crippen LogP contribution < -0.4 is 5.32 Å². The molecule has 0 saturated heterocycles. The van der Waals surface area contributed by atoms with E-state index in [1.165, 1.54) is 0 Å². The van der Waals surface area contributed by atoms with Gasteiger partial charge in [0, 0.05) is 42.2 Å². The van der Waals surface area contributed by atoms with Gasteiger partial charge in [0.05, 0.1) is 0 Å². The van der Waals surface area contributed by atoms with Gasteiger partial charge in [-0.05, 0) is 30.7 Å². The number of benzene rings is 1. The fourth-order valence-electron chi connectivity index (χ4n) is 2.59. The summed E-state index contributed by atoms with van der Waals surface area (Å²) in [5.74, 6) is -0.332. The Hall–Kier alpha value is -3.21. The number of carbonyl (C=O) groups excluding carboxylic acids is 2. The molecule has 0 unspecified atom stereocenters. The Balaban J connectivity index is 1.62. The predicted molar refractivity (Wildman–Crippen MR) is 95.7 cm³/mol. The number of aromatic nitrogens is 2. The van der Waals surface area contributed by atoms with Crippen LogP contribution in [0.4, 0.5) is 0 Å². The second-order valence-corrected chi connectivity index (χ2v) is 5.77. The molecular weight excluding hydrogens is 314 g/mol. The summed E-state index contributed by atoms with van der Waals surface area (Å²) < 4.78 is 0. The van der Waals surface area contributed by atoms with Gasteiger partial charge >= 0.3 is 0 Å². The summed E-state index contributed by atoms with van der Waals surface area (Å²) in [6.07, 6.45) is 3.95. The zero-order chi connectivity index (χ0) is 17.6. The molecule has 0 fully saturated rings. The first-order chi connectivity index (χ1) is 12.1. The summed E-state index contributed by atoms with van der Waals surface area (Å²) in [5.41, 5.74) is 3.32. The Bertz CT molecular complexity index is 885. The lowest BCUT2D eigenvalue weighted by molar-refractivity contribution is 0.0949. The normalized spacial score (nSPS) is 10.4. The number of ketones is 1. The first-order valence-corrected chi connectivity index (χ1v) is 8.12. The molecule has 5 nitrogen and oxygen atoms in total. The van der Waals surface area contributed by atoms with E-state index in [0.29, 0.717) is 29.8 Å². The number of rotatable bonds is 6. The number of aryl methyl sites for hydroxylation is 1. The smallest absolute Gasteiger partial charge is 0.267 e. The van der Waals surface area contributed by atoms with Crippen molar-refractivity contribution in [1.29, 1.82) is 0 Å². The highest BCUT2D eigenvalue weighted by Gasteiger charge is 2.15. The highest BCUT2D eigenvalue weighted by atomic mass is 16.2. The van der Waals surface area contributed by atoms with Gasteiger partial charge in [0.2, 0.25) is 0 Å². The minimum absolute atomic E-state index is 0.0955. The summed E-state index contributed by atoms with van der Waals surface area (Å²) in [6.45, 7) is 2.38. The van der Waals surface area contributed by atoms with Crippen LogP contribution in [0.3, 0.4) is 0 Å². The fraction of sp³-hybridized carbons (Fsp3) is 0.150. The molecule has 5 heteroatoms. The largest absolute Gasteiger partial charge is 0.356 e. The SMILES string of the molecule is Cc1ccccc1C(=O)c1c[nH]c(C(=O)NCCc2ccccn2)c1. The Morgan fingerprint density at radius 3 is 2.68 bits per heavy atom. The summed E-state index contributed by atoms with van der Waals surface area (Å²) in [7, 11) is 0. The second kappa shape index (κ2) is 7.57. The van der Waals surface area contributed by atoms with Gasteiger partial charge in [-0.1, -0.05) is 30.3 Å². The third-order valence-corrected chi connectivity index (χ3v) is 3.97. The van der Waals surface area contributed by atoms with Gasteiger partial charge in [0.15, 0.2) is 5.78 Å². The van der Waals surface area contributed by atoms with Gasteiger partial charge in [-0.15, -0.1) is 0 Å². The summed E-state index contributed by atoms with van der Waals surface area (Å²) in [5, 5.41) is 2.83. The molecule has 0 aliphatic carbocycles. The van der Waals surface area contributed by atoms with Crippen molar-refractivity contribution in [2.24, 2.45) is 0 Å². The Morgan fingerprint density at radius 2 is 1.92 bits per heavy atom. The van der Waals surface area contributed by atoms with Gasteiger partial charge in [0.1, 0.15) is 5.69 Å². The average Bonchev–Trinajstić information content (AvgIpc) is 3.13. The summed E-state index contributed by atoms with van der Waals surface area (Å²) >= 11 is 0. The number of nitrogens with zero attached hydrogens (tertiary/aromatic N) is 1. The van der Waals surface area contributed by atoms with Crippen LogP contribution in [0.1, 0.15) is 37.7 Å². The van der Waals surface area contributed by atoms with Crippen molar-refractivity contribution >= 4 is 11.7 Å². The highest BCUT2D eigenvalue weighted by Crippen LogP contribution is 2.14. The van der Waals surface area contributed by atoms with Crippen molar-refractivity contribution in [3.05, 3.63) is 89.0 Å². The molecule has 1 amide bonds. The lowest BCUT2D eigenvalue weighted by Crippen LogP contribution is -2.26. The molecule has 0 spiro atoms. The maximum Gasteiger partial charge on any atom is 0.267 e. The van der Waals surface area contributed by atoms with E-state index in [0.717, 1.165) is 11.3 Å². The average molecular weight is 333 g/mol. The zero-order valence-electron chi connectivity index (χ0n) is 14.0. The molecule has 0 aliphatic heterocycles. The Morgan fingerprint density at radius 1 is 1.12 bits per heavy atom. The van der Waals surface area contributed by atoms with Crippen LogP contribution in [0, 0.1) is 6.92 Å². The monoisotopic (exact) mass is 333 g/mol. The van der Waals surface area contributed by atoms with Gasteiger partial charge in [-0.3, -0.25) is 14.6 Å². The molecule has 0 saturated carbocycles. The number of aromatic amines is 1. The zero-order valence-corrected chi connectivity index (χ0v) is 14.0. The Labute approximate surface area is 146 Å². The molecular formula is C20H19N3O2. The van der Waals surface area contributed by atoms with Crippen molar-refractivity contribution in [2.45, 2.75) is 13.3 Å². The third-order valence-electron chi connectivity index (χ3n) is 3.97. The maximum absolute atomic E-state index is 12.5. The van der Waals surface area contributed by atoms with E-state index in [2.05, 4.69) is 15.3 Å². The molecule has 2 heterocycles. The van der Waals surface area contributed by atoms with E-state index in [9.17, 15) is 9.59 Å². The molecule has 3 aromatic rings. The number of carbonyl (C=O) groups is 2. The maximum atomic E-state index is 12.5. The van der Waals surface area contributed by atoms with Crippen molar-refractivity contribution in [3.63, 3.8) is 0 Å². The van der Waals surface area contributed by atoms with E-state index in [4.69, 9.17) is 0 Å². The van der Waals surface area contributed by atoms with Crippen molar-refractivity contribution in [2.75, 3.05) is 6.54 Å². The van der Waals surface area contributed by atoms with E-state index in [1.807, 2.05) is 43.3 Å². The van der Waals surface area contributed by atoms with Gasteiger partial charge < -0.3 is 10.3 Å². The number of amides is 1. The quantitative estimate of drug-likeness (QED) is 0.681. The van der Waals surface area contributed by atoms with Crippen LogP contribution in [-0.4, -0.2) is 28.2 Å². The lowest BCUT2D eigenvalue weighted by Gasteiger charge is -2.03. The van der Waals surface area contributed by atoms with Crippen LogP contribution in [0.25, 0.3) is 0 Å². The van der Waals surface area contributed by atoms with Crippen molar-refractivity contribution in [1.82, 2.24) is 15.3 Å². The lowest BCUT2D eigenvalue weighted by atomic mass is 10.0. The van der Waals surface area contributed by atoms with Crippen LogP contribution in [0.2, 0.25) is 0 Å². The molecule has 126 valence electrons. The molecule has 3 rings (SSSR count). The van der Waals surface area contributed by atoms with Gasteiger partial charge in [-0.25, -0.2) is 0 Å². The summed E-state index contributed by atoms with van der Waals surface area (Å²) in [4.78, 5) is 31.8. The number of hydrogen-bond acceptors (Lipinski definition) is 3. The number of nitrogens with one attached hydrogen (secondary N) is 2. The molecule has 2 aromatic heterocycles. The summed E-state index contributed by atoms with van der Waals surface area (Å²) in [6, 6.07) is 14.7. The molecule has 0 aliphatic rings. The number of H-pyrrole nitrogens is 1. The van der Waals surface area contributed by atoms with Crippen molar-refractivity contribution < 1.29 is 9.59 Å². The molecule has 0 bridgehead atoms. The number of hydrogen-bond donors (Lipinski definition) is 2. The molecule has 1 aromatic carbocycles. The van der Waals surface area contributed by atoms with E-state index in [-0.39, 0.29) is 11.7 Å². The Kier molecular flexibility index (Phi) is 5.04. The second-order valence-electron chi connectivity index (χ2n) is 5.77. The topological polar surface area (TPSA) is 74.8 Å². The molecule has 2 N–H and O–H groups in total. The van der Waals surface area contributed by atoms with Crippen LogP contribution >= 0.6 is 0 Å². The van der Waals surface area contributed by atoms with Gasteiger partial charge in [-0.2, -0.15) is 0 Å². The van der Waals surface area contributed by atoms with E-state index >= 15 is 0 Å². The van der Waals surface area contributed by atoms with Crippen LogP contribution in [-0.2, 0) is 6.42 Å². The van der Waals surface area contributed by atoms with Crippen LogP contribution in [0.15, 0.2) is 60.9 Å². The minimum atomic E-state index is -0.236. The molecule has 25 heavy (non-hydrogen) atoms. The molecule has 0 atom stereocenters. The minimum Gasteiger partial charge on any atom is -0.356 e. The van der Waals surface area contributed by atoms with Crippen LogP contribution in [0.5, 0.6) is 0 Å².